The zero-order valence-electron chi connectivity index (χ0n) is 11.2. The standard InChI is InChI=1S/C11H13F3NO4PS/c1-3-6-20(21,18-2)19-8-4-5-10(15(16)17)9(7-8)11(12,13)14/h4-5,7H,3,6H2,1-2H3. The van der Waals surface area contributed by atoms with Crippen molar-refractivity contribution in [3.8, 4) is 5.75 Å². The van der Waals surface area contributed by atoms with Crippen molar-refractivity contribution in [1.29, 1.82) is 0 Å². The lowest BCUT2D eigenvalue weighted by molar-refractivity contribution is -0.388. The van der Waals surface area contributed by atoms with E-state index in [0.29, 0.717) is 18.6 Å². The van der Waals surface area contributed by atoms with Gasteiger partial charge in [0.1, 0.15) is 11.3 Å². The van der Waals surface area contributed by atoms with Crippen LogP contribution in [0.4, 0.5) is 18.9 Å². The molecule has 21 heavy (non-hydrogen) atoms. The van der Waals surface area contributed by atoms with Crippen LogP contribution < -0.4 is 4.52 Å². The van der Waals surface area contributed by atoms with Crippen LogP contribution in [-0.4, -0.2) is 18.2 Å². The third-order valence-corrected chi connectivity index (χ3v) is 5.75. The van der Waals surface area contributed by atoms with Crippen molar-refractivity contribution in [2.24, 2.45) is 0 Å². The Balaban J connectivity index is 3.23. The van der Waals surface area contributed by atoms with Gasteiger partial charge in [0.25, 0.3) is 5.69 Å². The van der Waals surface area contributed by atoms with Crippen molar-refractivity contribution >= 4 is 24.0 Å². The molecule has 0 bridgehead atoms. The fourth-order valence-electron chi connectivity index (χ4n) is 1.57. The van der Waals surface area contributed by atoms with Gasteiger partial charge in [-0.15, -0.1) is 0 Å². The van der Waals surface area contributed by atoms with E-state index in [1.165, 1.54) is 7.11 Å². The molecule has 0 amide bonds. The summed E-state index contributed by atoms with van der Waals surface area (Å²) < 4.78 is 48.9. The second-order valence-corrected chi connectivity index (χ2v) is 7.93. The zero-order valence-corrected chi connectivity index (χ0v) is 12.9. The summed E-state index contributed by atoms with van der Waals surface area (Å²) in [7, 11) is 1.33. The molecule has 0 saturated carbocycles. The summed E-state index contributed by atoms with van der Waals surface area (Å²) in [5.41, 5.74) is -2.41. The van der Waals surface area contributed by atoms with E-state index in [1.807, 2.05) is 6.92 Å². The van der Waals surface area contributed by atoms with E-state index in [2.05, 4.69) is 0 Å². The van der Waals surface area contributed by atoms with Crippen LogP contribution in [0.2, 0.25) is 0 Å². The summed E-state index contributed by atoms with van der Waals surface area (Å²) in [5, 5.41) is 10.7. The van der Waals surface area contributed by atoms with E-state index in [1.54, 1.807) is 0 Å². The van der Waals surface area contributed by atoms with Gasteiger partial charge in [0, 0.05) is 19.3 Å². The molecule has 0 aliphatic heterocycles. The van der Waals surface area contributed by atoms with Crippen LogP contribution in [0.1, 0.15) is 18.9 Å². The molecule has 1 aromatic rings. The molecule has 1 unspecified atom stereocenters. The molecule has 0 aromatic heterocycles. The molecule has 1 aromatic carbocycles. The monoisotopic (exact) mass is 343 g/mol. The second kappa shape index (κ2) is 6.72. The lowest BCUT2D eigenvalue weighted by atomic mass is 10.1. The Hall–Kier alpha value is -1.18. The van der Waals surface area contributed by atoms with E-state index in [9.17, 15) is 23.3 Å². The minimum absolute atomic E-state index is 0.188. The Morgan fingerprint density at radius 3 is 2.48 bits per heavy atom. The molecule has 0 saturated heterocycles. The summed E-state index contributed by atoms with van der Waals surface area (Å²) in [4.78, 5) is 9.56. The maximum absolute atomic E-state index is 12.8. The molecule has 10 heteroatoms. The van der Waals surface area contributed by atoms with Crippen molar-refractivity contribution in [1.82, 2.24) is 0 Å². The van der Waals surface area contributed by atoms with Crippen molar-refractivity contribution in [2.45, 2.75) is 19.5 Å². The number of benzene rings is 1. The number of hydrogen-bond donors (Lipinski definition) is 0. The van der Waals surface area contributed by atoms with Crippen LogP contribution >= 0.6 is 6.49 Å². The third kappa shape index (κ3) is 4.66. The number of nitro benzene ring substituents is 1. The topological polar surface area (TPSA) is 61.6 Å². The molecular formula is C11H13F3NO4PS. The van der Waals surface area contributed by atoms with E-state index in [-0.39, 0.29) is 5.75 Å². The average Bonchev–Trinajstić information content (AvgIpc) is 2.37. The second-order valence-electron chi connectivity index (χ2n) is 4.04. The molecule has 1 rings (SSSR count). The summed E-state index contributed by atoms with van der Waals surface area (Å²) in [5.74, 6) is -0.188. The van der Waals surface area contributed by atoms with Crippen LogP contribution in [0.5, 0.6) is 5.75 Å². The van der Waals surface area contributed by atoms with Gasteiger partial charge in [-0.3, -0.25) is 10.1 Å². The SMILES string of the molecule is CCCP(=S)(OC)Oc1ccc([N+](=O)[O-])c(C(F)(F)F)c1. The van der Waals surface area contributed by atoms with Gasteiger partial charge in [0.15, 0.2) is 0 Å². The molecule has 0 fully saturated rings. The van der Waals surface area contributed by atoms with E-state index in [0.717, 1.165) is 12.1 Å². The molecule has 118 valence electrons. The van der Waals surface area contributed by atoms with Gasteiger partial charge in [-0.2, -0.15) is 13.2 Å². The first-order valence-corrected chi connectivity index (χ1v) is 8.65. The highest BCUT2D eigenvalue weighted by molar-refractivity contribution is 8.10. The minimum Gasteiger partial charge on any atom is -0.443 e. The van der Waals surface area contributed by atoms with Gasteiger partial charge in [0.05, 0.1) is 4.92 Å². The lowest BCUT2D eigenvalue weighted by Gasteiger charge is -2.21. The van der Waals surface area contributed by atoms with Crippen LogP contribution in [0.3, 0.4) is 0 Å². The maximum Gasteiger partial charge on any atom is 0.423 e. The van der Waals surface area contributed by atoms with Gasteiger partial charge >= 0.3 is 6.18 Å². The van der Waals surface area contributed by atoms with E-state index in [4.69, 9.17) is 20.9 Å². The van der Waals surface area contributed by atoms with Crippen molar-refractivity contribution in [3.63, 3.8) is 0 Å². The van der Waals surface area contributed by atoms with Crippen LogP contribution in [0.25, 0.3) is 0 Å². The molecule has 0 spiro atoms. The normalized spacial score (nSPS) is 14.5. The number of alkyl halides is 3. The van der Waals surface area contributed by atoms with Gasteiger partial charge in [-0.05, 0) is 30.4 Å². The molecule has 0 aliphatic rings. The van der Waals surface area contributed by atoms with Crippen LogP contribution in [0.15, 0.2) is 18.2 Å². The molecule has 0 aliphatic carbocycles. The molecule has 0 radical (unpaired) electrons. The van der Waals surface area contributed by atoms with Crippen molar-refractivity contribution in [2.75, 3.05) is 13.3 Å². The molecule has 0 N–H and O–H groups in total. The summed E-state index contributed by atoms with van der Waals surface area (Å²) in [6.07, 6.45) is -3.83. The van der Waals surface area contributed by atoms with E-state index >= 15 is 0 Å². The minimum atomic E-state index is -4.86. The predicted octanol–water partition coefficient (Wildman–Crippen LogP) is 4.36. The first kappa shape index (κ1) is 17.9. The van der Waals surface area contributed by atoms with Gasteiger partial charge in [-0.25, -0.2) is 0 Å². The van der Waals surface area contributed by atoms with E-state index < -0.39 is 28.8 Å². The zero-order chi connectivity index (χ0) is 16.3. The highest BCUT2D eigenvalue weighted by Crippen LogP contribution is 2.49. The first-order valence-electron chi connectivity index (χ1n) is 5.83. The Labute approximate surface area is 124 Å². The van der Waals surface area contributed by atoms with Crippen molar-refractivity contribution in [3.05, 3.63) is 33.9 Å². The number of nitrogens with zero attached hydrogens (tertiary/aromatic N) is 1. The smallest absolute Gasteiger partial charge is 0.423 e. The number of rotatable bonds is 6. The largest absolute Gasteiger partial charge is 0.443 e. The quantitative estimate of drug-likeness (QED) is 0.436. The number of hydrogen-bond acceptors (Lipinski definition) is 5. The number of halogens is 3. The van der Waals surface area contributed by atoms with Gasteiger partial charge in [-0.1, -0.05) is 6.92 Å². The number of nitro groups is 1. The molecular weight excluding hydrogens is 330 g/mol. The van der Waals surface area contributed by atoms with Gasteiger partial charge in [0.2, 0.25) is 6.49 Å². The van der Waals surface area contributed by atoms with Crippen LogP contribution in [-0.2, 0) is 22.5 Å². The first-order chi connectivity index (χ1) is 9.63. The van der Waals surface area contributed by atoms with Crippen LogP contribution in [0, 0.1) is 10.1 Å². The Morgan fingerprint density at radius 1 is 1.43 bits per heavy atom. The maximum atomic E-state index is 12.8. The highest BCUT2D eigenvalue weighted by Gasteiger charge is 2.39. The highest BCUT2D eigenvalue weighted by atomic mass is 32.5. The Kier molecular flexibility index (Phi) is 5.72. The fourth-order valence-corrected chi connectivity index (χ4v) is 3.70. The molecule has 1 atom stereocenters. The molecule has 5 nitrogen and oxygen atoms in total. The summed E-state index contributed by atoms with van der Waals surface area (Å²) in [6.45, 7) is -0.903. The predicted molar refractivity (Wildman–Crippen MR) is 75.2 cm³/mol. The average molecular weight is 343 g/mol. The lowest BCUT2D eigenvalue weighted by Crippen LogP contribution is -2.09. The third-order valence-electron chi connectivity index (χ3n) is 2.49. The Bertz CT molecular complexity index is 579. The van der Waals surface area contributed by atoms with Crippen molar-refractivity contribution < 1.29 is 27.1 Å². The van der Waals surface area contributed by atoms with Gasteiger partial charge < -0.3 is 9.05 Å². The molecule has 0 heterocycles. The summed E-state index contributed by atoms with van der Waals surface area (Å²) in [6, 6.07) is 2.41. The Morgan fingerprint density at radius 2 is 2.05 bits per heavy atom. The summed E-state index contributed by atoms with van der Waals surface area (Å²) >= 11 is 5.16. The fraction of sp³-hybridized carbons (Fsp3) is 0.455.